The molecule has 116 valence electrons. The average Bonchev–Trinajstić information content (AvgIpc) is 2.98. The summed E-state index contributed by atoms with van der Waals surface area (Å²) in [4.78, 5) is 0. The first-order chi connectivity index (χ1) is 9.64. The van der Waals surface area contributed by atoms with Gasteiger partial charge in [-0.1, -0.05) is 51.2 Å². The van der Waals surface area contributed by atoms with Crippen LogP contribution in [0.1, 0.15) is 71.1 Å². The van der Waals surface area contributed by atoms with Crippen LogP contribution in [-0.4, -0.2) is 18.6 Å². The molecule has 2 atom stereocenters. The predicted molar refractivity (Wildman–Crippen MR) is 87.8 cm³/mol. The highest BCUT2D eigenvalue weighted by atomic mass is 14.9. The van der Waals surface area contributed by atoms with E-state index in [0.717, 1.165) is 37.6 Å². The van der Waals surface area contributed by atoms with Gasteiger partial charge in [0.25, 0.3) is 0 Å². The number of rotatable bonds is 7. The van der Waals surface area contributed by atoms with E-state index in [0.29, 0.717) is 0 Å². The lowest BCUT2D eigenvalue weighted by Crippen LogP contribution is -2.44. The van der Waals surface area contributed by atoms with Crippen molar-refractivity contribution in [3.8, 4) is 0 Å². The van der Waals surface area contributed by atoms with Crippen molar-refractivity contribution in [2.24, 2.45) is 17.6 Å². The monoisotopic (exact) mass is 278 g/mol. The summed E-state index contributed by atoms with van der Waals surface area (Å²) in [7, 11) is 0. The summed E-state index contributed by atoms with van der Waals surface area (Å²) in [5, 5.41) is 3.47. The fourth-order valence-corrected chi connectivity index (χ4v) is 4.12. The molecule has 0 amide bonds. The molecule has 0 aromatic carbocycles. The Balaban J connectivity index is 1.89. The summed E-state index contributed by atoms with van der Waals surface area (Å²) in [6.07, 6.45) is 13.1. The van der Waals surface area contributed by atoms with Gasteiger partial charge < -0.3 is 11.1 Å². The maximum atomic E-state index is 6.82. The normalized spacial score (nSPS) is 27.4. The Kier molecular flexibility index (Phi) is 6.10. The summed E-state index contributed by atoms with van der Waals surface area (Å²) < 4.78 is 0. The van der Waals surface area contributed by atoms with Gasteiger partial charge in [-0.2, -0.15) is 0 Å². The van der Waals surface area contributed by atoms with Gasteiger partial charge in [0.15, 0.2) is 0 Å². The van der Waals surface area contributed by atoms with Gasteiger partial charge in [-0.05, 0) is 57.0 Å². The van der Waals surface area contributed by atoms with E-state index in [1.807, 2.05) is 0 Å². The van der Waals surface area contributed by atoms with E-state index in [1.165, 1.54) is 57.1 Å². The van der Waals surface area contributed by atoms with Gasteiger partial charge in [-0.25, -0.2) is 0 Å². The summed E-state index contributed by atoms with van der Waals surface area (Å²) in [6.45, 7) is 8.83. The summed E-state index contributed by atoms with van der Waals surface area (Å²) >= 11 is 0. The van der Waals surface area contributed by atoms with E-state index in [9.17, 15) is 0 Å². The van der Waals surface area contributed by atoms with E-state index in [-0.39, 0.29) is 5.54 Å². The van der Waals surface area contributed by atoms with Gasteiger partial charge in [-0.15, -0.1) is 0 Å². The first-order valence-corrected chi connectivity index (χ1v) is 8.82. The lowest BCUT2D eigenvalue weighted by molar-refractivity contribution is 0.277. The Bertz CT molecular complexity index is 301. The molecule has 3 N–H and O–H groups in total. The minimum absolute atomic E-state index is 0.108. The van der Waals surface area contributed by atoms with Crippen LogP contribution in [0.4, 0.5) is 0 Å². The fourth-order valence-electron chi connectivity index (χ4n) is 4.12. The van der Waals surface area contributed by atoms with Gasteiger partial charge in [0.2, 0.25) is 0 Å². The minimum Gasteiger partial charge on any atom is -0.322 e. The SMILES string of the molecule is C=C(CC)C(N)(CCC1CCCCC1)CC1CCNC1. The van der Waals surface area contributed by atoms with Crippen LogP contribution in [0.15, 0.2) is 12.2 Å². The highest BCUT2D eigenvalue weighted by molar-refractivity contribution is 5.16. The van der Waals surface area contributed by atoms with Crippen molar-refractivity contribution in [3.05, 3.63) is 12.2 Å². The molecule has 1 heterocycles. The maximum Gasteiger partial charge on any atom is 0.0369 e. The Hall–Kier alpha value is -0.340. The largest absolute Gasteiger partial charge is 0.322 e. The van der Waals surface area contributed by atoms with Crippen molar-refractivity contribution in [3.63, 3.8) is 0 Å². The molecular formula is C18H34N2. The molecule has 2 rings (SSSR count). The van der Waals surface area contributed by atoms with Crippen LogP contribution in [0.3, 0.4) is 0 Å². The van der Waals surface area contributed by atoms with Gasteiger partial charge >= 0.3 is 0 Å². The number of hydrogen-bond donors (Lipinski definition) is 2. The van der Waals surface area contributed by atoms with E-state index >= 15 is 0 Å². The summed E-state index contributed by atoms with van der Waals surface area (Å²) in [5.74, 6) is 1.69. The molecule has 2 aliphatic rings. The van der Waals surface area contributed by atoms with Gasteiger partial charge in [-0.3, -0.25) is 0 Å². The van der Waals surface area contributed by atoms with Crippen LogP contribution < -0.4 is 11.1 Å². The van der Waals surface area contributed by atoms with Crippen molar-refractivity contribution in [2.45, 2.75) is 76.7 Å². The topological polar surface area (TPSA) is 38.0 Å². The van der Waals surface area contributed by atoms with Crippen LogP contribution in [0.5, 0.6) is 0 Å². The summed E-state index contributed by atoms with van der Waals surface area (Å²) in [5.41, 5.74) is 7.99. The molecule has 20 heavy (non-hydrogen) atoms. The Morgan fingerprint density at radius 1 is 1.20 bits per heavy atom. The fraction of sp³-hybridized carbons (Fsp3) is 0.889. The molecule has 0 spiro atoms. The number of nitrogens with two attached hydrogens (primary N) is 1. The van der Waals surface area contributed by atoms with Crippen LogP contribution in [0.25, 0.3) is 0 Å². The Labute approximate surface area is 125 Å². The van der Waals surface area contributed by atoms with E-state index in [1.54, 1.807) is 0 Å². The molecule has 2 nitrogen and oxygen atoms in total. The molecule has 2 fully saturated rings. The van der Waals surface area contributed by atoms with Crippen molar-refractivity contribution in [1.82, 2.24) is 5.32 Å². The van der Waals surface area contributed by atoms with Crippen molar-refractivity contribution in [2.75, 3.05) is 13.1 Å². The zero-order valence-corrected chi connectivity index (χ0v) is 13.4. The van der Waals surface area contributed by atoms with Crippen LogP contribution in [0, 0.1) is 11.8 Å². The van der Waals surface area contributed by atoms with Gasteiger partial charge in [0.05, 0.1) is 0 Å². The smallest absolute Gasteiger partial charge is 0.0369 e. The van der Waals surface area contributed by atoms with Gasteiger partial charge in [0, 0.05) is 5.54 Å². The molecular weight excluding hydrogens is 244 g/mol. The second-order valence-electron chi connectivity index (χ2n) is 7.22. The Morgan fingerprint density at radius 3 is 2.55 bits per heavy atom. The molecule has 1 aliphatic carbocycles. The third-order valence-corrected chi connectivity index (χ3v) is 5.67. The molecule has 2 heteroatoms. The molecule has 0 bridgehead atoms. The maximum absolute atomic E-state index is 6.82. The molecule has 2 unspecified atom stereocenters. The van der Waals surface area contributed by atoms with E-state index in [4.69, 9.17) is 5.73 Å². The van der Waals surface area contributed by atoms with E-state index < -0.39 is 0 Å². The van der Waals surface area contributed by atoms with Crippen LogP contribution in [0.2, 0.25) is 0 Å². The molecule has 0 radical (unpaired) electrons. The molecule has 0 aromatic rings. The molecule has 1 aliphatic heterocycles. The zero-order valence-electron chi connectivity index (χ0n) is 13.4. The number of nitrogens with one attached hydrogen (secondary N) is 1. The predicted octanol–water partition coefficient (Wildman–Crippen LogP) is 4.01. The third-order valence-electron chi connectivity index (χ3n) is 5.67. The second kappa shape index (κ2) is 7.61. The first kappa shape index (κ1) is 16.0. The standard InChI is InChI=1S/C18H34N2/c1-3-15(2)18(19,13-17-10-12-20-14-17)11-9-16-7-5-4-6-8-16/h16-17,20H,2-14,19H2,1H3. The van der Waals surface area contributed by atoms with E-state index in [2.05, 4.69) is 18.8 Å². The highest BCUT2D eigenvalue weighted by Gasteiger charge is 2.32. The van der Waals surface area contributed by atoms with Crippen molar-refractivity contribution in [1.29, 1.82) is 0 Å². The first-order valence-electron chi connectivity index (χ1n) is 8.82. The zero-order chi connectivity index (χ0) is 14.4. The quantitative estimate of drug-likeness (QED) is 0.691. The average molecular weight is 278 g/mol. The Morgan fingerprint density at radius 2 is 1.95 bits per heavy atom. The highest BCUT2D eigenvalue weighted by Crippen LogP contribution is 2.35. The molecule has 1 saturated carbocycles. The second-order valence-corrected chi connectivity index (χ2v) is 7.22. The van der Waals surface area contributed by atoms with Crippen molar-refractivity contribution >= 4 is 0 Å². The number of hydrogen-bond acceptors (Lipinski definition) is 2. The minimum atomic E-state index is -0.108. The lowest BCUT2D eigenvalue weighted by atomic mass is 9.75. The summed E-state index contributed by atoms with van der Waals surface area (Å²) in [6, 6.07) is 0. The molecule has 0 aromatic heterocycles. The lowest BCUT2D eigenvalue weighted by Gasteiger charge is -2.36. The van der Waals surface area contributed by atoms with Crippen LogP contribution in [-0.2, 0) is 0 Å². The van der Waals surface area contributed by atoms with Gasteiger partial charge in [0.1, 0.15) is 0 Å². The van der Waals surface area contributed by atoms with Crippen LogP contribution >= 0.6 is 0 Å². The van der Waals surface area contributed by atoms with Crippen molar-refractivity contribution < 1.29 is 0 Å². The molecule has 1 saturated heterocycles. The third kappa shape index (κ3) is 4.33.